The second-order valence-corrected chi connectivity index (χ2v) is 12.3. The number of hydrogen-bond donors (Lipinski definition) is 0. The van der Waals surface area contributed by atoms with Crippen molar-refractivity contribution in [1.82, 2.24) is 19.4 Å². The smallest absolute Gasteiger partial charge is 0.164 e. The van der Waals surface area contributed by atoms with E-state index in [0.29, 0.717) is 17.5 Å². The number of nitrogens with zero attached hydrogens (tertiary/aromatic N) is 4. The quantitative estimate of drug-likeness (QED) is 0.196. The van der Waals surface area contributed by atoms with Gasteiger partial charge in [0.05, 0.1) is 15.7 Å². The van der Waals surface area contributed by atoms with Crippen molar-refractivity contribution in [3.05, 3.63) is 158 Å². The van der Waals surface area contributed by atoms with Gasteiger partial charge in [0.15, 0.2) is 17.5 Å². The number of thiazole rings is 1. The minimum absolute atomic E-state index is 0.653. The molecule has 0 bridgehead atoms. The Hall–Kier alpha value is -5.91. The summed E-state index contributed by atoms with van der Waals surface area (Å²) in [5.74, 6) is 1.97. The van der Waals surface area contributed by atoms with Crippen LogP contribution in [-0.2, 0) is 0 Å². The SMILES string of the molecule is c1ccc(-c2nc(-c3ccccc3)nc(-c3ccc(-c4cccc(-c5c6ccccc6n6c5sc5ccccc56)c4)cc3)n2)cc1. The minimum atomic E-state index is 0.653. The summed E-state index contributed by atoms with van der Waals surface area (Å²) in [6.45, 7) is 0. The molecular weight excluding hydrogens is 581 g/mol. The van der Waals surface area contributed by atoms with Gasteiger partial charge in [0.1, 0.15) is 4.83 Å². The van der Waals surface area contributed by atoms with Crippen LogP contribution in [-0.4, -0.2) is 19.4 Å². The summed E-state index contributed by atoms with van der Waals surface area (Å²) >= 11 is 1.85. The number of aromatic nitrogens is 4. The van der Waals surface area contributed by atoms with E-state index in [1.165, 1.54) is 42.6 Å². The first-order valence-corrected chi connectivity index (χ1v) is 16.1. The summed E-state index contributed by atoms with van der Waals surface area (Å²) in [6, 6.07) is 55.0. The van der Waals surface area contributed by atoms with Crippen molar-refractivity contribution >= 4 is 37.3 Å². The van der Waals surface area contributed by atoms with Crippen molar-refractivity contribution in [3.63, 3.8) is 0 Å². The van der Waals surface area contributed by atoms with E-state index in [4.69, 9.17) is 15.0 Å². The van der Waals surface area contributed by atoms with Gasteiger partial charge in [0.2, 0.25) is 0 Å². The highest BCUT2D eigenvalue weighted by molar-refractivity contribution is 7.24. The zero-order chi connectivity index (χ0) is 30.5. The first-order chi connectivity index (χ1) is 22.8. The second kappa shape index (κ2) is 10.9. The molecule has 0 aliphatic carbocycles. The molecule has 0 amide bonds. The van der Waals surface area contributed by atoms with Crippen molar-refractivity contribution in [2.75, 3.05) is 0 Å². The molecule has 3 aromatic heterocycles. The maximum Gasteiger partial charge on any atom is 0.164 e. The molecule has 0 atom stereocenters. The fraction of sp³-hybridized carbons (Fsp3) is 0. The molecular formula is C41H26N4S. The fourth-order valence-electron chi connectivity index (χ4n) is 6.27. The van der Waals surface area contributed by atoms with E-state index < -0.39 is 0 Å². The zero-order valence-corrected chi connectivity index (χ0v) is 25.5. The maximum absolute atomic E-state index is 4.90. The molecule has 0 unspecified atom stereocenters. The van der Waals surface area contributed by atoms with Gasteiger partial charge >= 0.3 is 0 Å². The van der Waals surface area contributed by atoms with Gasteiger partial charge in [-0.05, 0) is 41.0 Å². The van der Waals surface area contributed by atoms with Crippen LogP contribution in [0.5, 0.6) is 0 Å². The monoisotopic (exact) mass is 606 g/mol. The molecule has 0 saturated heterocycles. The van der Waals surface area contributed by atoms with Crippen LogP contribution >= 0.6 is 11.3 Å². The standard InChI is InChI=1S/C41H26N4S/c1-3-12-28(13-4-1)38-42-39(29-14-5-2-6-15-29)44-40(43-38)30-24-22-27(23-25-30)31-16-11-17-32(26-31)37-33-18-7-8-19-34(33)45-35-20-9-10-21-36(35)46-41(37)45/h1-26H. The Morgan fingerprint density at radius 1 is 0.391 bits per heavy atom. The molecule has 9 rings (SSSR count). The molecule has 4 nitrogen and oxygen atoms in total. The van der Waals surface area contributed by atoms with E-state index in [1.54, 1.807) is 0 Å². The Kier molecular flexibility index (Phi) is 6.28. The Balaban J connectivity index is 1.13. The first kappa shape index (κ1) is 26.5. The first-order valence-electron chi connectivity index (χ1n) is 15.3. The highest BCUT2D eigenvalue weighted by Gasteiger charge is 2.18. The predicted molar refractivity (Wildman–Crippen MR) is 191 cm³/mol. The molecule has 0 fully saturated rings. The van der Waals surface area contributed by atoms with Crippen molar-refractivity contribution in [2.24, 2.45) is 0 Å². The van der Waals surface area contributed by atoms with E-state index in [-0.39, 0.29) is 0 Å². The molecule has 0 N–H and O–H groups in total. The average Bonchev–Trinajstić information content (AvgIpc) is 3.67. The normalized spacial score (nSPS) is 11.5. The number of para-hydroxylation sites is 2. The van der Waals surface area contributed by atoms with Crippen LogP contribution in [0.15, 0.2) is 158 Å². The van der Waals surface area contributed by atoms with E-state index >= 15 is 0 Å². The van der Waals surface area contributed by atoms with Gasteiger partial charge in [-0.3, -0.25) is 4.40 Å². The summed E-state index contributed by atoms with van der Waals surface area (Å²) in [5, 5.41) is 1.27. The predicted octanol–water partition coefficient (Wildman–Crippen LogP) is 10.8. The number of rotatable bonds is 5. The Labute approximate surface area is 269 Å². The third-order valence-electron chi connectivity index (χ3n) is 8.47. The Morgan fingerprint density at radius 2 is 0.891 bits per heavy atom. The molecule has 0 radical (unpaired) electrons. The molecule has 0 saturated carbocycles. The lowest BCUT2D eigenvalue weighted by Crippen LogP contribution is -2.00. The minimum Gasteiger partial charge on any atom is -0.299 e. The van der Waals surface area contributed by atoms with Crippen LogP contribution in [0.25, 0.3) is 82.4 Å². The van der Waals surface area contributed by atoms with Crippen molar-refractivity contribution < 1.29 is 0 Å². The number of fused-ring (bicyclic) bond motifs is 5. The van der Waals surface area contributed by atoms with Crippen molar-refractivity contribution in [1.29, 1.82) is 0 Å². The third-order valence-corrected chi connectivity index (χ3v) is 9.62. The molecule has 6 aromatic carbocycles. The summed E-state index contributed by atoms with van der Waals surface area (Å²) in [4.78, 5) is 15.9. The third kappa shape index (κ3) is 4.48. The van der Waals surface area contributed by atoms with Gasteiger partial charge in [-0.2, -0.15) is 0 Å². The Morgan fingerprint density at radius 3 is 1.57 bits per heavy atom. The van der Waals surface area contributed by atoms with E-state index in [1.807, 2.05) is 72.0 Å². The van der Waals surface area contributed by atoms with Crippen LogP contribution in [0.3, 0.4) is 0 Å². The fourth-order valence-corrected chi connectivity index (χ4v) is 7.50. The molecule has 0 aliphatic heterocycles. The van der Waals surface area contributed by atoms with Crippen LogP contribution in [0.2, 0.25) is 0 Å². The van der Waals surface area contributed by atoms with Gasteiger partial charge in [-0.1, -0.05) is 133 Å². The van der Waals surface area contributed by atoms with E-state index in [0.717, 1.165) is 22.3 Å². The van der Waals surface area contributed by atoms with Gasteiger partial charge in [-0.15, -0.1) is 11.3 Å². The summed E-state index contributed by atoms with van der Waals surface area (Å²) in [5.41, 5.74) is 10.2. The summed E-state index contributed by atoms with van der Waals surface area (Å²) < 4.78 is 3.70. The molecule has 46 heavy (non-hydrogen) atoms. The molecule has 216 valence electrons. The Bertz CT molecular complexity index is 2460. The highest BCUT2D eigenvalue weighted by atomic mass is 32.1. The second-order valence-electron chi connectivity index (χ2n) is 11.3. The number of hydrogen-bond acceptors (Lipinski definition) is 4. The molecule has 3 heterocycles. The topological polar surface area (TPSA) is 43.1 Å². The lowest BCUT2D eigenvalue weighted by atomic mass is 9.98. The van der Waals surface area contributed by atoms with Crippen molar-refractivity contribution in [2.45, 2.75) is 0 Å². The van der Waals surface area contributed by atoms with Crippen LogP contribution in [0, 0.1) is 0 Å². The largest absolute Gasteiger partial charge is 0.299 e. The molecule has 9 aromatic rings. The van der Waals surface area contributed by atoms with Gasteiger partial charge < -0.3 is 0 Å². The van der Waals surface area contributed by atoms with Gasteiger partial charge in [-0.25, -0.2) is 15.0 Å². The average molecular weight is 607 g/mol. The van der Waals surface area contributed by atoms with Crippen molar-refractivity contribution in [3.8, 4) is 56.4 Å². The molecule has 5 heteroatoms. The van der Waals surface area contributed by atoms with Crippen LogP contribution in [0.1, 0.15) is 0 Å². The highest BCUT2D eigenvalue weighted by Crippen LogP contribution is 2.42. The van der Waals surface area contributed by atoms with Crippen LogP contribution in [0.4, 0.5) is 0 Å². The molecule has 0 aliphatic rings. The zero-order valence-electron chi connectivity index (χ0n) is 24.7. The molecule has 0 spiro atoms. The van der Waals surface area contributed by atoms with Gasteiger partial charge in [0, 0.05) is 27.6 Å². The lowest BCUT2D eigenvalue weighted by Gasteiger charge is -2.09. The summed E-state index contributed by atoms with van der Waals surface area (Å²) in [7, 11) is 0. The number of benzene rings is 6. The summed E-state index contributed by atoms with van der Waals surface area (Å²) in [6.07, 6.45) is 0. The van der Waals surface area contributed by atoms with E-state index in [9.17, 15) is 0 Å². The lowest BCUT2D eigenvalue weighted by molar-refractivity contribution is 1.07. The van der Waals surface area contributed by atoms with E-state index in [2.05, 4.69) is 101 Å². The van der Waals surface area contributed by atoms with Gasteiger partial charge in [0.25, 0.3) is 0 Å². The van der Waals surface area contributed by atoms with Crippen LogP contribution < -0.4 is 0 Å². The maximum atomic E-state index is 4.90.